The topological polar surface area (TPSA) is 23.5 Å². The highest BCUT2D eigenvalue weighted by molar-refractivity contribution is 6.31. The van der Waals surface area contributed by atoms with Crippen molar-refractivity contribution in [2.24, 2.45) is 5.92 Å². The standard InChI is InChI=1S/C16H24ClNO/c1-11(2)8-9-18(13-4-5-13)14-6-7-15(12(3)19)16(17)10-14/h6-7,10-13,19H,4-5,8-9H2,1-3H3. The van der Waals surface area contributed by atoms with Crippen LogP contribution in [0, 0.1) is 5.92 Å². The maximum Gasteiger partial charge on any atom is 0.0776 e. The van der Waals surface area contributed by atoms with Gasteiger partial charge < -0.3 is 10.0 Å². The van der Waals surface area contributed by atoms with Gasteiger partial charge in [0.05, 0.1) is 6.10 Å². The van der Waals surface area contributed by atoms with Gasteiger partial charge in [-0.25, -0.2) is 0 Å². The molecule has 1 aliphatic carbocycles. The van der Waals surface area contributed by atoms with Crippen molar-refractivity contribution < 1.29 is 5.11 Å². The van der Waals surface area contributed by atoms with Crippen LogP contribution < -0.4 is 4.90 Å². The lowest BCUT2D eigenvalue weighted by Crippen LogP contribution is -2.27. The van der Waals surface area contributed by atoms with Crippen molar-refractivity contribution in [1.29, 1.82) is 0 Å². The van der Waals surface area contributed by atoms with Crippen LogP contribution >= 0.6 is 11.6 Å². The highest BCUT2D eigenvalue weighted by atomic mass is 35.5. The molecule has 0 spiro atoms. The van der Waals surface area contributed by atoms with Crippen LogP contribution in [0.4, 0.5) is 5.69 Å². The number of anilines is 1. The first kappa shape index (κ1) is 14.7. The van der Waals surface area contributed by atoms with Crippen LogP contribution in [0.5, 0.6) is 0 Å². The zero-order valence-electron chi connectivity index (χ0n) is 12.1. The van der Waals surface area contributed by atoms with Gasteiger partial charge in [-0.1, -0.05) is 31.5 Å². The van der Waals surface area contributed by atoms with E-state index in [0.29, 0.717) is 17.0 Å². The molecule has 19 heavy (non-hydrogen) atoms. The van der Waals surface area contributed by atoms with Crippen molar-refractivity contribution in [2.75, 3.05) is 11.4 Å². The van der Waals surface area contributed by atoms with Gasteiger partial charge in [-0.15, -0.1) is 0 Å². The van der Waals surface area contributed by atoms with Crippen LogP contribution in [-0.4, -0.2) is 17.7 Å². The fourth-order valence-corrected chi connectivity index (χ4v) is 2.67. The molecule has 1 aliphatic rings. The number of halogens is 1. The molecule has 2 rings (SSSR count). The van der Waals surface area contributed by atoms with Crippen molar-refractivity contribution in [3.05, 3.63) is 28.8 Å². The van der Waals surface area contributed by atoms with Crippen molar-refractivity contribution in [3.63, 3.8) is 0 Å². The van der Waals surface area contributed by atoms with Crippen LogP contribution in [0.3, 0.4) is 0 Å². The fraction of sp³-hybridized carbons (Fsp3) is 0.625. The summed E-state index contributed by atoms with van der Waals surface area (Å²) in [5.74, 6) is 0.716. The van der Waals surface area contributed by atoms with E-state index in [-0.39, 0.29) is 0 Å². The van der Waals surface area contributed by atoms with Gasteiger partial charge in [0.1, 0.15) is 0 Å². The molecule has 1 atom stereocenters. The summed E-state index contributed by atoms with van der Waals surface area (Å²) < 4.78 is 0. The number of hydrogen-bond acceptors (Lipinski definition) is 2. The van der Waals surface area contributed by atoms with Crippen molar-refractivity contribution in [3.8, 4) is 0 Å². The van der Waals surface area contributed by atoms with Crippen LogP contribution in [0.1, 0.15) is 51.7 Å². The molecule has 1 fully saturated rings. The smallest absolute Gasteiger partial charge is 0.0776 e. The Labute approximate surface area is 121 Å². The minimum atomic E-state index is -0.508. The van der Waals surface area contributed by atoms with Crippen LogP contribution in [0.2, 0.25) is 5.02 Å². The number of rotatable bonds is 6. The quantitative estimate of drug-likeness (QED) is 0.835. The summed E-state index contributed by atoms with van der Waals surface area (Å²) >= 11 is 6.27. The second kappa shape index (κ2) is 6.15. The van der Waals surface area contributed by atoms with Gasteiger partial charge in [0.15, 0.2) is 0 Å². The van der Waals surface area contributed by atoms with Gasteiger partial charge >= 0.3 is 0 Å². The molecule has 1 N–H and O–H groups in total. The summed E-state index contributed by atoms with van der Waals surface area (Å²) in [5, 5.41) is 10.3. The van der Waals surface area contributed by atoms with E-state index in [2.05, 4.69) is 24.8 Å². The Bertz CT molecular complexity index is 427. The predicted molar refractivity (Wildman–Crippen MR) is 81.9 cm³/mol. The molecule has 106 valence electrons. The second-order valence-corrected chi connectivity index (χ2v) is 6.40. The summed E-state index contributed by atoms with van der Waals surface area (Å²) in [5.41, 5.74) is 2.00. The predicted octanol–water partition coefficient (Wildman–Crippen LogP) is 4.41. The molecule has 0 saturated heterocycles. The van der Waals surface area contributed by atoms with Gasteiger partial charge in [0.2, 0.25) is 0 Å². The molecule has 1 unspecified atom stereocenters. The minimum absolute atomic E-state index is 0.508. The van der Waals surface area contributed by atoms with E-state index in [0.717, 1.165) is 12.1 Å². The van der Waals surface area contributed by atoms with E-state index >= 15 is 0 Å². The number of nitrogens with zero attached hydrogens (tertiary/aromatic N) is 1. The highest BCUT2D eigenvalue weighted by Crippen LogP contribution is 2.35. The van der Waals surface area contributed by atoms with Crippen molar-refractivity contribution in [2.45, 2.75) is 52.2 Å². The monoisotopic (exact) mass is 281 g/mol. The Balaban J connectivity index is 2.15. The highest BCUT2D eigenvalue weighted by Gasteiger charge is 2.29. The van der Waals surface area contributed by atoms with E-state index in [1.54, 1.807) is 6.92 Å². The lowest BCUT2D eigenvalue weighted by Gasteiger charge is -2.26. The average molecular weight is 282 g/mol. The first-order valence-corrected chi connectivity index (χ1v) is 7.61. The maximum absolute atomic E-state index is 9.63. The van der Waals surface area contributed by atoms with Gasteiger partial charge in [-0.2, -0.15) is 0 Å². The van der Waals surface area contributed by atoms with Crippen molar-refractivity contribution in [1.82, 2.24) is 0 Å². The molecule has 3 heteroatoms. The molecule has 0 amide bonds. The van der Waals surface area contributed by atoms with E-state index in [1.165, 1.54) is 24.9 Å². The van der Waals surface area contributed by atoms with Crippen LogP contribution in [0.25, 0.3) is 0 Å². The summed E-state index contributed by atoms with van der Waals surface area (Å²) in [7, 11) is 0. The molecule has 1 saturated carbocycles. The van der Waals surface area contributed by atoms with E-state index in [4.69, 9.17) is 11.6 Å². The summed E-state index contributed by atoms with van der Waals surface area (Å²) in [6.07, 6.45) is 3.26. The fourth-order valence-electron chi connectivity index (χ4n) is 2.34. The number of aliphatic hydroxyl groups is 1. The molecular formula is C16H24ClNO. The summed E-state index contributed by atoms with van der Waals surface area (Å²) in [4.78, 5) is 2.47. The molecule has 1 aromatic rings. The van der Waals surface area contributed by atoms with E-state index in [1.807, 2.05) is 12.1 Å². The molecule has 0 aliphatic heterocycles. The van der Waals surface area contributed by atoms with Gasteiger partial charge in [0.25, 0.3) is 0 Å². The first-order chi connectivity index (χ1) is 8.99. The van der Waals surface area contributed by atoms with Gasteiger partial charge in [-0.05, 0) is 49.8 Å². The Morgan fingerprint density at radius 3 is 2.47 bits per heavy atom. The van der Waals surface area contributed by atoms with Gasteiger partial charge in [0, 0.05) is 23.3 Å². The zero-order chi connectivity index (χ0) is 14.0. The third kappa shape index (κ3) is 3.87. The molecule has 0 radical (unpaired) electrons. The first-order valence-electron chi connectivity index (χ1n) is 7.23. The van der Waals surface area contributed by atoms with E-state index in [9.17, 15) is 5.11 Å². The Morgan fingerprint density at radius 2 is 2.00 bits per heavy atom. The third-order valence-electron chi connectivity index (χ3n) is 3.70. The number of benzene rings is 1. The molecule has 1 aromatic carbocycles. The minimum Gasteiger partial charge on any atom is -0.389 e. The van der Waals surface area contributed by atoms with Crippen LogP contribution in [-0.2, 0) is 0 Å². The third-order valence-corrected chi connectivity index (χ3v) is 4.03. The molecule has 0 aromatic heterocycles. The van der Waals surface area contributed by atoms with E-state index < -0.39 is 6.10 Å². The largest absolute Gasteiger partial charge is 0.389 e. The Kier molecular flexibility index (Phi) is 4.75. The Morgan fingerprint density at radius 1 is 1.32 bits per heavy atom. The second-order valence-electron chi connectivity index (χ2n) is 5.99. The maximum atomic E-state index is 9.63. The zero-order valence-corrected chi connectivity index (χ0v) is 12.8. The molecular weight excluding hydrogens is 258 g/mol. The lowest BCUT2D eigenvalue weighted by molar-refractivity contribution is 0.199. The lowest BCUT2D eigenvalue weighted by atomic mass is 10.1. The summed E-state index contributed by atoms with van der Waals surface area (Å²) in [6.45, 7) is 7.36. The number of hydrogen-bond donors (Lipinski definition) is 1. The number of aliphatic hydroxyl groups excluding tert-OH is 1. The van der Waals surface area contributed by atoms with Crippen LogP contribution in [0.15, 0.2) is 18.2 Å². The molecule has 0 heterocycles. The molecule has 0 bridgehead atoms. The molecule has 2 nitrogen and oxygen atoms in total. The Hall–Kier alpha value is -0.730. The SMILES string of the molecule is CC(C)CCN(c1ccc(C(C)O)c(Cl)c1)C1CC1. The summed E-state index contributed by atoms with van der Waals surface area (Å²) in [6, 6.07) is 6.73. The van der Waals surface area contributed by atoms with Gasteiger partial charge in [-0.3, -0.25) is 0 Å². The normalized spacial score (nSPS) is 16.7. The van der Waals surface area contributed by atoms with Crippen molar-refractivity contribution >= 4 is 17.3 Å². The average Bonchev–Trinajstić information content (AvgIpc) is 3.13.